The molecule has 1 aliphatic rings. The van der Waals surface area contributed by atoms with Gasteiger partial charge >= 0.3 is 0 Å². The summed E-state index contributed by atoms with van der Waals surface area (Å²) in [6.45, 7) is 7.65. The highest BCUT2D eigenvalue weighted by molar-refractivity contribution is 5.80. The molecule has 0 aromatic carbocycles. The highest BCUT2D eigenvalue weighted by Gasteiger charge is 2.33. The minimum absolute atomic E-state index is 0.0403. The first-order valence-electron chi connectivity index (χ1n) is 6.60. The normalized spacial score (nSPS) is 26.2. The number of hydrogen-bond acceptors (Lipinski definition) is 3. The van der Waals surface area contributed by atoms with E-state index in [-0.39, 0.29) is 23.9 Å². The number of nitrogens with one attached hydrogen (secondary N) is 2. The summed E-state index contributed by atoms with van der Waals surface area (Å²) in [6, 6.07) is 0.412. The summed E-state index contributed by atoms with van der Waals surface area (Å²) >= 11 is 0. The molecule has 3 atom stereocenters. The molecule has 2 N–H and O–H groups in total. The summed E-state index contributed by atoms with van der Waals surface area (Å²) in [7, 11) is 1.88. The molecule has 1 heterocycles. The standard InChI is InChI=1S/C13H26N2O2/c1-9(2)5-6-10(3)15-13(16)11-7-17-8-12(11)14-4/h9-12,14H,5-8H2,1-4H3,(H,15,16). The second-order valence-electron chi connectivity index (χ2n) is 5.42. The molecule has 3 unspecified atom stereocenters. The maximum absolute atomic E-state index is 12.0. The van der Waals surface area contributed by atoms with Gasteiger partial charge in [-0.2, -0.15) is 0 Å². The van der Waals surface area contributed by atoms with Crippen molar-refractivity contribution < 1.29 is 9.53 Å². The Bertz CT molecular complexity index is 244. The van der Waals surface area contributed by atoms with Crippen molar-refractivity contribution in [2.75, 3.05) is 20.3 Å². The molecule has 0 aromatic heterocycles. The minimum Gasteiger partial charge on any atom is -0.379 e. The van der Waals surface area contributed by atoms with Crippen LogP contribution in [-0.2, 0) is 9.53 Å². The van der Waals surface area contributed by atoms with Crippen molar-refractivity contribution in [2.24, 2.45) is 11.8 Å². The van der Waals surface area contributed by atoms with Crippen LogP contribution in [0.4, 0.5) is 0 Å². The third-order valence-corrected chi connectivity index (χ3v) is 3.35. The summed E-state index contributed by atoms with van der Waals surface area (Å²) in [5.41, 5.74) is 0. The summed E-state index contributed by atoms with van der Waals surface area (Å²) in [6.07, 6.45) is 2.19. The summed E-state index contributed by atoms with van der Waals surface area (Å²) in [5, 5.41) is 6.22. The van der Waals surface area contributed by atoms with Crippen LogP contribution in [0.5, 0.6) is 0 Å². The fourth-order valence-electron chi connectivity index (χ4n) is 2.10. The maximum Gasteiger partial charge on any atom is 0.227 e. The molecule has 0 saturated carbocycles. The van der Waals surface area contributed by atoms with Crippen LogP contribution in [-0.4, -0.2) is 38.3 Å². The second kappa shape index (κ2) is 6.97. The summed E-state index contributed by atoms with van der Waals surface area (Å²) in [5.74, 6) is 0.772. The zero-order valence-electron chi connectivity index (χ0n) is 11.5. The van der Waals surface area contributed by atoms with Crippen LogP contribution in [0.1, 0.15) is 33.6 Å². The topological polar surface area (TPSA) is 50.4 Å². The first-order valence-corrected chi connectivity index (χ1v) is 6.60. The smallest absolute Gasteiger partial charge is 0.227 e. The quantitative estimate of drug-likeness (QED) is 0.735. The molecule has 0 spiro atoms. The van der Waals surface area contributed by atoms with E-state index in [0.717, 1.165) is 12.8 Å². The van der Waals surface area contributed by atoms with Gasteiger partial charge in [0.05, 0.1) is 19.1 Å². The van der Waals surface area contributed by atoms with Crippen LogP contribution >= 0.6 is 0 Å². The molecule has 0 aliphatic carbocycles. The molecular weight excluding hydrogens is 216 g/mol. The van der Waals surface area contributed by atoms with Gasteiger partial charge in [-0.25, -0.2) is 0 Å². The number of hydrogen-bond donors (Lipinski definition) is 2. The zero-order valence-corrected chi connectivity index (χ0v) is 11.5. The van der Waals surface area contributed by atoms with E-state index in [4.69, 9.17) is 4.74 Å². The molecule has 4 heteroatoms. The second-order valence-corrected chi connectivity index (χ2v) is 5.42. The van der Waals surface area contributed by atoms with Crippen LogP contribution in [0.25, 0.3) is 0 Å². The molecule has 0 aromatic rings. The Morgan fingerprint density at radius 3 is 2.59 bits per heavy atom. The average molecular weight is 242 g/mol. The SMILES string of the molecule is CNC1COCC1C(=O)NC(C)CCC(C)C. The summed E-state index contributed by atoms with van der Waals surface area (Å²) in [4.78, 5) is 12.0. The van der Waals surface area contributed by atoms with Crippen LogP contribution in [0, 0.1) is 11.8 Å². The Labute approximate surface area is 104 Å². The van der Waals surface area contributed by atoms with Crippen LogP contribution in [0.2, 0.25) is 0 Å². The van der Waals surface area contributed by atoms with Crippen LogP contribution < -0.4 is 10.6 Å². The third kappa shape index (κ3) is 4.64. The fraction of sp³-hybridized carbons (Fsp3) is 0.923. The Kier molecular flexibility index (Phi) is 5.92. The largest absolute Gasteiger partial charge is 0.379 e. The Balaban J connectivity index is 2.32. The average Bonchev–Trinajstić information content (AvgIpc) is 2.74. The van der Waals surface area contributed by atoms with Crippen molar-refractivity contribution in [3.05, 3.63) is 0 Å². The van der Waals surface area contributed by atoms with Gasteiger partial charge < -0.3 is 15.4 Å². The van der Waals surface area contributed by atoms with E-state index in [1.54, 1.807) is 0 Å². The molecule has 1 aliphatic heterocycles. The lowest BCUT2D eigenvalue weighted by Crippen LogP contribution is -2.45. The Morgan fingerprint density at radius 2 is 2.00 bits per heavy atom. The van der Waals surface area contributed by atoms with Gasteiger partial charge in [0.1, 0.15) is 0 Å². The predicted octanol–water partition coefficient (Wildman–Crippen LogP) is 1.16. The van der Waals surface area contributed by atoms with Crippen molar-refractivity contribution in [3.8, 4) is 0 Å². The van der Waals surface area contributed by atoms with Gasteiger partial charge in [-0.1, -0.05) is 13.8 Å². The molecule has 1 rings (SSSR count). The van der Waals surface area contributed by atoms with Crippen molar-refractivity contribution in [2.45, 2.75) is 45.7 Å². The zero-order chi connectivity index (χ0) is 12.8. The van der Waals surface area contributed by atoms with Crippen LogP contribution in [0.3, 0.4) is 0 Å². The number of carbonyl (C=O) groups excluding carboxylic acids is 1. The number of likely N-dealkylation sites (N-methyl/N-ethyl adjacent to an activating group) is 1. The van der Waals surface area contributed by atoms with E-state index in [1.165, 1.54) is 0 Å². The molecule has 0 radical (unpaired) electrons. The van der Waals surface area contributed by atoms with Crippen molar-refractivity contribution in [3.63, 3.8) is 0 Å². The van der Waals surface area contributed by atoms with E-state index in [9.17, 15) is 4.79 Å². The van der Waals surface area contributed by atoms with Gasteiger partial charge in [0.2, 0.25) is 5.91 Å². The van der Waals surface area contributed by atoms with E-state index < -0.39 is 0 Å². The van der Waals surface area contributed by atoms with Gasteiger partial charge in [0, 0.05) is 12.1 Å². The molecular formula is C13H26N2O2. The maximum atomic E-state index is 12.0. The first kappa shape index (κ1) is 14.5. The Hall–Kier alpha value is -0.610. The van der Waals surface area contributed by atoms with E-state index in [0.29, 0.717) is 19.1 Å². The van der Waals surface area contributed by atoms with Crippen LogP contribution in [0.15, 0.2) is 0 Å². The van der Waals surface area contributed by atoms with E-state index >= 15 is 0 Å². The fourth-order valence-corrected chi connectivity index (χ4v) is 2.10. The molecule has 4 nitrogen and oxygen atoms in total. The molecule has 0 bridgehead atoms. The van der Waals surface area contributed by atoms with Crippen molar-refractivity contribution in [1.82, 2.24) is 10.6 Å². The highest BCUT2D eigenvalue weighted by atomic mass is 16.5. The molecule has 100 valence electrons. The lowest BCUT2D eigenvalue weighted by Gasteiger charge is -2.20. The van der Waals surface area contributed by atoms with Gasteiger partial charge in [-0.3, -0.25) is 4.79 Å². The van der Waals surface area contributed by atoms with Gasteiger partial charge in [-0.15, -0.1) is 0 Å². The predicted molar refractivity (Wildman–Crippen MR) is 68.8 cm³/mol. The van der Waals surface area contributed by atoms with Crippen molar-refractivity contribution in [1.29, 1.82) is 0 Å². The first-order chi connectivity index (χ1) is 8.04. The Morgan fingerprint density at radius 1 is 1.29 bits per heavy atom. The lowest BCUT2D eigenvalue weighted by molar-refractivity contribution is -0.126. The van der Waals surface area contributed by atoms with E-state index in [1.807, 2.05) is 7.05 Å². The third-order valence-electron chi connectivity index (χ3n) is 3.35. The minimum atomic E-state index is -0.0403. The monoisotopic (exact) mass is 242 g/mol. The van der Waals surface area contributed by atoms with Crippen molar-refractivity contribution >= 4 is 5.91 Å². The lowest BCUT2D eigenvalue weighted by atomic mass is 10.0. The van der Waals surface area contributed by atoms with E-state index in [2.05, 4.69) is 31.4 Å². The number of carbonyl (C=O) groups is 1. The molecule has 17 heavy (non-hydrogen) atoms. The van der Waals surface area contributed by atoms with Gasteiger partial charge in [0.15, 0.2) is 0 Å². The van der Waals surface area contributed by atoms with Gasteiger partial charge in [0.25, 0.3) is 0 Å². The van der Waals surface area contributed by atoms with Gasteiger partial charge in [-0.05, 0) is 32.7 Å². The number of ether oxygens (including phenoxy) is 1. The number of rotatable bonds is 6. The molecule has 1 amide bonds. The molecule has 1 fully saturated rings. The highest BCUT2D eigenvalue weighted by Crippen LogP contribution is 2.14. The summed E-state index contributed by atoms with van der Waals surface area (Å²) < 4.78 is 5.34. The number of amides is 1. The molecule has 1 saturated heterocycles.